The van der Waals surface area contributed by atoms with Crippen molar-refractivity contribution in [3.05, 3.63) is 130 Å². The first-order chi connectivity index (χ1) is 18.2. The molecule has 188 valence electrons. The molecule has 2 aromatic heterocycles. The predicted octanol–water partition coefficient (Wildman–Crippen LogP) is 5.76. The summed E-state index contributed by atoms with van der Waals surface area (Å²) >= 11 is 12.2. The third kappa shape index (κ3) is 8.70. The lowest BCUT2D eigenvalue weighted by Gasteiger charge is -2.02. The first kappa shape index (κ1) is 26.3. The lowest BCUT2D eigenvalue weighted by molar-refractivity contribution is -0.726. The van der Waals surface area contributed by atoms with Crippen molar-refractivity contribution in [2.45, 2.75) is 32.7 Å². The fourth-order valence-corrected chi connectivity index (χ4v) is 3.87. The summed E-state index contributed by atoms with van der Waals surface area (Å²) in [6, 6.07) is 23.2. The summed E-state index contributed by atoms with van der Waals surface area (Å²) < 4.78 is 4.31. The molecule has 6 nitrogen and oxygen atoms in total. The van der Waals surface area contributed by atoms with Gasteiger partial charge in [0.05, 0.1) is 18.9 Å². The molecule has 0 fully saturated rings. The molecule has 0 saturated carbocycles. The molecular formula is C29H28Cl2N4O2+2. The zero-order valence-electron chi connectivity index (χ0n) is 20.3. The average Bonchev–Trinajstić information content (AvgIpc) is 2.92. The van der Waals surface area contributed by atoms with Crippen molar-refractivity contribution in [3.8, 4) is 0 Å². The maximum atomic E-state index is 6.12. The highest BCUT2D eigenvalue weighted by molar-refractivity contribution is 6.31. The molecule has 0 aliphatic carbocycles. The molecule has 0 spiro atoms. The number of hydrogen-bond donors (Lipinski definition) is 0. The number of oxime groups is 2. The Morgan fingerprint density at radius 3 is 1.41 bits per heavy atom. The highest BCUT2D eigenvalue weighted by atomic mass is 35.5. The van der Waals surface area contributed by atoms with Gasteiger partial charge in [0.2, 0.25) is 0 Å². The molecule has 0 bridgehead atoms. The third-order valence-corrected chi connectivity index (χ3v) is 6.31. The van der Waals surface area contributed by atoms with E-state index in [1.165, 1.54) is 0 Å². The van der Waals surface area contributed by atoms with Crippen LogP contribution in [0.25, 0.3) is 0 Å². The van der Waals surface area contributed by atoms with E-state index in [2.05, 4.69) is 19.4 Å². The molecule has 0 amide bonds. The number of aromatic nitrogens is 2. The second-order valence-electron chi connectivity index (χ2n) is 8.29. The molecule has 0 aliphatic rings. The Bertz CT molecular complexity index is 1220. The standard InChI is InChI=1S/C29H28Cl2N4O2/c30-28-8-3-1-6-26(28)22-36-32-20-24-10-16-34(17-11-24)14-5-15-35-18-12-25(13-19-35)21-33-37-23-27-7-2-4-9-29(27)31/h1-4,6-13,16-21H,5,14-15,22-23H2/q+2/b32-20+,33-21+. The highest BCUT2D eigenvalue weighted by Gasteiger charge is 2.05. The molecule has 0 N–H and O–H groups in total. The summed E-state index contributed by atoms with van der Waals surface area (Å²) in [5.74, 6) is 0. The van der Waals surface area contributed by atoms with E-state index in [1.807, 2.05) is 97.6 Å². The van der Waals surface area contributed by atoms with E-state index in [0.717, 1.165) is 41.8 Å². The first-order valence-electron chi connectivity index (χ1n) is 11.9. The van der Waals surface area contributed by atoms with Crippen molar-refractivity contribution in [1.82, 2.24) is 0 Å². The number of hydrogen-bond acceptors (Lipinski definition) is 4. The van der Waals surface area contributed by atoms with Crippen LogP contribution in [0, 0.1) is 0 Å². The number of aryl methyl sites for hydroxylation is 2. The first-order valence-corrected chi connectivity index (χ1v) is 12.7. The Balaban J connectivity index is 1.15. The van der Waals surface area contributed by atoms with Crippen molar-refractivity contribution >= 4 is 35.6 Å². The zero-order chi connectivity index (χ0) is 25.7. The molecule has 37 heavy (non-hydrogen) atoms. The van der Waals surface area contributed by atoms with E-state index >= 15 is 0 Å². The maximum absolute atomic E-state index is 6.12. The van der Waals surface area contributed by atoms with E-state index in [0.29, 0.717) is 23.3 Å². The van der Waals surface area contributed by atoms with E-state index in [-0.39, 0.29) is 0 Å². The van der Waals surface area contributed by atoms with Crippen molar-refractivity contribution in [2.75, 3.05) is 0 Å². The van der Waals surface area contributed by atoms with Gasteiger partial charge in [-0.1, -0.05) is 69.9 Å². The van der Waals surface area contributed by atoms with Crippen LogP contribution in [0.3, 0.4) is 0 Å². The monoisotopic (exact) mass is 534 g/mol. The molecular weight excluding hydrogens is 507 g/mol. The van der Waals surface area contributed by atoms with Crippen LogP contribution in [-0.2, 0) is 36.0 Å². The highest BCUT2D eigenvalue weighted by Crippen LogP contribution is 2.16. The largest absolute Gasteiger partial charge is 0.391 e. The molecule has 0 unspecified atom stereocenters. The molecule has 2 heterocycles. The van der Waals surface area contributed by atoms with Gasteiger partial charge in [-0.25, -0.2) is 9.13 Å². The Morgan fingerprint density at radius 1 is 0.595 bits per heavy atom. The van der Waals surface area contributed by atoms with Crippen LogP contribution in [0.1, 0.15) is 28.7 Å². The third-order valence-electron chi connectivity index (χ3n) is 5.57. The minimum absolute atomic E-state index is 0.339. The number of pyridine rings is 2. The van der Waals surface area contributed by atoms with Crippen LogP contribution in [0.15, 0.2) is 108 Å². The van der Waals surface area contributed by atoms with Crippen LogP contribution in [-0.4, -0.2) is 12.4 Å². The minimum Gasteiger partial charge on any atom is -0.391 e. The maximum Gasteiger partial charge on any atom is 0.169 e. The topological polar surface area (TPSA) is 50.9 Å². The molecule has 0 saturated heterocycles. The second kappa shape index (κ2) is 14.1. The van der Waals surface area contributed by atoms with Gasteiger partial charge in [0.25, 0.3) is 0 Å². The van der Waals surface area contributed by atoms with Gasteiger partial charge in [0, 0.05) is 56.6 Å². The summed E-state index contributed by atoms with van der Waals surface area (Å²) in [5, 5.41) is 9.43. The van der Waals surface area contributed by atoms with Crippen molar-refractivity contribution in [1.29, 1.82) is 0 Å². The summed E-state index contributed by atoms with van der Waals surface area (Å²) in [6.45, 7) is 2.50. The van der Waals surface area contributed by atoms with E-state index in [9.17, 15) is 0 Å². The summed E-state index contributed by atoms with van der Waals surface area (Å²) in [7, 11) is 0. The molecule has 8 heteroatoms. The van der Waals surface area contributed by atoms with Gasteiger partial charge in [-0.15, -0.1) is 0 Å². The second-order valence-corrected chi connectivity index (χ2v) is 9.11. The lowest BCUT2D eigenvalue weighted by atomic mass is 10.2. The quantitative estimate of drug-likeness (QED) is 0.132. The van der Waals surface area contributed by atoms with Gasteiger partial charge in [-0.2, -0.15) is 0 Å². The Labute approximate surface area is 227 Å². The van der Waals surface area contributed by atoms with Gasteiger partial charge in [-0.05, 0) is 12.1 Å². The van der Waals surface area contributed by atoms with Gasteiger partial charge in [-0.3, -0.25) is 0 Å². The van der Waals surface area contributed by atoms with Gasteiger partial charge in [0.1, 0.15) is 13.2 Å². The van der Waals surface area contributed by atoms with E-state index in [1.54, 1.807) is 12.4 Å². The molecule has 0 aliphatic heterocycles. The van der Waals surface area contributed by atoms with Crippen molar-refractivity contribution in [3.63, 3.8) is 0 Å². The number of halogens is 2. The summed E-state index contributed by atoms with van der Waals surface area (Å²) in [4.78, 5) is 10.7. The lowest BCUT2D eigenvalue weighted by Crippen LogP contribution is -2.38. The smallest absolute Gasteiger partial charge is 0.169 e. The fraction of sp³-hybridized carbons (Fsp3) is 0.172. The minimum atomic E-state index is 0.339. The SMILES string of the molecule is Clc1ccccc1CO/N=C/c1cc[n+](CCC[n+]2ccc(/C=N/OCc3ccccc3Cl)cc2)cc1. The fourth-order valence-electron chi connectivity index (χ4n) is 3.48. The van der Waals surface area contributed by atoms with Crippen LogP contribution < -0.4 is 9.13 Å². The zero-order valence-corrected chi connectivity index (χ0v) is 21.8. The Kier molecular flexibility index (Phi) is 10.0. The van der Waals surface area contributed by atoms with Crippen LogP contribution >= 0.6 is 23.2 Å². The molecule has 4 aromatic rings. The summed E-state index contributed by atoms with van der Waals surface area (Å²) in [5.41, 5.74) is 3.76. The molecule has 0 atom stereocenters. The number of rotatable bonds is 12. The Morgan fingerprint density at radius 2 is 1.00 bits per heavy atom. The van der Waals surface area contributed by atoms with Crippen molar-refractivity contribution < 1.29 is 18.8 Å². The van der Waals surface area contributed by atoms with E-state index < -0.39 is 0 Å². The molecule has 0 radical (unpaired) electrons. The average molecular weight is 535 g/mol. The van der Waals surface area contributed by atoms with E-state index in [4.69, 9.17) is 32.9 Å². The van der Waals surface area contributed by atoms with Gasteiger partial charge >= 0.3 is 0 Å². The van der Waals surface area contributed by atoms with Crippen LogP contribution in [0.5, 0.6) is 0 Å². The number of nitrogens with zero attached hydrogens (tertiary/aromatic N) is 4. The van der Waals surface area contributed by atoms with Crippen LogP contribution in [0.2, 0.25) is 10.0 Å². The van der Waals surface area contributed by atoms with Gasteiger partial charge < -0.3 is 9.68 Å². The van der Waals surface area contributed by atoms with Gasteiger partial charge in [0.15, 0.2) is 37.9 Å². The Hall–Kier alpha value is -3.74. The van der Waals surface area contributed by atoms with Crippen LogP contribution in [0.4, 0.5) is 0 Å². The summed E-state index contributed by atoms with van der Waals surface area (Å²) in [6.07, 6.45) is 12.6. The van der Waals surface area contributed by atoms with Crippen molar-refractivity contribution in [2.24, 2.45) is 10.3 Å². The normalized spacial score (nSPS) is 11.3. The molecule has 4 rings (SSSR count). The molecule has 2 aromatic carbocycles. The predicted molar refractivity (Wildman–Crippen MR) is 146 cm³/mol. The number of benzene rings is 2.